The van der Waals surface area contributed by atoms with E-state index in [1.165, 1.54) is 11.8 Å². The third kappa shape index (κ3) is 2.34. The molecule has 2 rings (SSSR count). The first-order valence-corrected chi connectivity index (χ1v) is 5.79. The molecule has 0 saturated heterocycles. The van der Waals surface area contributed by atoms with Crippen LogP contribution in [0.5, 0.6) is 0 Å². The molecule has 0 fully saturated rings. The molecule has 0 aliphatic carbocycles. The number of rotatable bonds is 3. The summed E-state index contributed by atoms with van der Waals surface area (Å²) in [5.74, 6) is 0. The number of nitrogens with zero attached hydrogens (tertiary/aromatic N) is 4. The summed E-state index contributed by atoms with van der Waals surface area (Å²) in [7, 11) is 1.79. The Bertz CT molecular complexity index is 498. The van der Waals surface area contributed by atoms with Crippen LogP contribution in [0.15, 0.2) is 28.3 Å². The largest absolute Gasteiger partial charge is 0.326 e. The molecule has 0 spiro atoms. The molecule has 0 aliphatic rings. The van der Waals surface area contributed by atoms with E-state index in [9.17, 15) is 0 Å². The summed E-state index contributed by atoms with van der Waals surface area (Å²) >= 11 is 7.37. The Morgan fingerprint density at radius 3 is 2.94 bits per heavy atom. The lowest BCUT2D eigenvalue weighted by Crippen LogP contribution is -1.99. The summed E-state index contributed by atoms with van der Waals surface area (Å²) in [6, 6.07) is 5.60. The highest BCUT2D eigenvalue weighted by Crippen LogP contribution is 2.29. The summed E-state index contributed by atoms with van der Waals surface area (Å²) in [6.45, 7) is 0.439. The molecule has 2 aromatic rings. The van der Waals surface area contributed by atoms with E-state index < -0.39 is 0 Å². The fourth-order valence-corrected chi connectivity index (χ4v) is 2.26. The van der Waals surface area contributed by atoms with E-state index in [1.54, 1.807) is 11.7 Å². The number of hydrogen-bond donors (Lipinski definition) is 1. The highest BCUT2D eigenvalue weighted by atomic mass is 35.5. The Morgan fingerprint density at radius 2 is 2.31 bits per heavy atom. The average molecular weight is 256 g/mol. The average Bonchev–Trinajstić information content (AvgIpc) is 2.67. The predicted octanol–water partition coefficient (Wildman–Crippen LogP) is 1.47. The van der Waals surface area contributed by atoms with Crippen LogP contribution < -0.4 is 5.73 Å². The number of hydrogen-bond acceptors (Lipinski definition) is 5. The third-order valence-electron chi connectivity index (χ3n) is 2.02. The number of benzene rings is 1. The molecular formula is C9H10ClN5S. The van der Waals surface area contributed by atoms with Crippen molar-refractivity contribution in [1.29, 1.82) is 0 Å². The monoisotopic (exact) mass is 255 g/mol. The van der Waals surface area contributed by atoms with Gasteiger partial charge in [0, 0.05) is 23.5 Å². The molecule has 1 aromatic heterocycles. The van der Waals surface area contributed by atoms with Gasteiger partial charge in [-0.15, -0.1) is 5.10 Å². The van der Waals surface area contributed by atoms with Crippen LogP contribution in [0.1, 0.15) is 5.56 Å². The van der Waals surface area contributed by atoms with E-state index in [1.807, 2.05) is 18.2 Å². The van der Waals surface area contributed by atoms with Crippen LogP contribution in [0.25, 0.3) is 0 Å². The van der Waals surface area contributed by atoms with Crippen molar-refractivity contribution in [3.63, 3.8) is 0 Å². The Labute approximate surface area is 102 Å². The van der Waals surface area contributed by atoms with Crippen LogP contribution in [0.3, 0.4) is 0 Å². The highest BCUT2D eigenvalue weighted by Gasteiger charge is 2.08. The SMILES string of the molecule is Cn1nnnc1Sc1ccc(Cl)cc1CN. The topological polar surface area (TPSA) is 69.6 Å². The smallest absolute Gasteiger partial charge is 0.213 e. The lowest BCUT2D eigenvalue weighted by molar-refractivity contribution is 0.664. The Balaban J connectivity index is 2.31. The van der Waals surface area contributed by atoms with E-state index in [2.05, 4.69) is 15.5 Å². The molecule has 84 valence electrons. The van der Waals surface area contributed by atoms with Gasteiger partial charge in [-0.1, -0.05) is 11.6 Å². The maximum atomic E-state index is 5.90. The first kappa shape index (κ1) is 11.4. The molecule has 0 amide bonds. The first-order chi connectivity index (χ1) is 7.70. The number of halogens is 1. The van der Waals surface area contributed by atoms with Crippen molar-refractivity contribution in [3.05, 3.63) is 28.8 Å². The minimum absolute atomic E-state index is 0.439. The van der Waals surface area contributed by atoms with Gasteiger partial charge in [-0.2, -0.15) is 0 Å². The van der Waals surface area contributed by atoms with Crippen molar-refractivity contribution in [2.24, 2.45) is 12.8 Å². The van der Waals surface area contributed by atoms with Crippen LogP contribution in [0.2, 0.25) is 5.02 Å². The predicted molar refractivity (Wildman–Crippen MR) is 62.3 cm³/mol. The zero-order valence-electron chi connectivity index (χ0n) is 8.59. The zero-order chi connectivity index (χ0) is 11.5. The van der Waals surface area contributed by atoms with Gasteiger partial charge < -0.3 is 5.73 Å². The second-order valence-electron chi connectivity index (χ2n) is 3.14. The molecule has 1 heterocycles. The first-order valence-electron chi connectivity index (χ1n) is 4.59. The van der Waals surface area contributed by atoms with Gasteiger partial charge >= 0.3 is 0 Å². The van der Waals surface area contributed by atoms with Gasteiger partial charge in [0.05, 0.1) is 0 Å². The Kier molecular flexibility index (Phi) is 3.42. The van der Waals surface area contributed by atoms with E-state index >= 15 is 0 Å². The van der Waals surface area contributed by atoms with Gasteiger partial charge in [0.15, 0.2) is 0 Å². The fourth-order valence-electron chi connectivity index (χ4n) is 1.21. The van der Waals surface area contributed by atoms with Gasteiger partial charge in [0.1, 0.15) is 0 Å². The second-order valence-corrected chi connectivity index (χ2v) is 4.59. The molecule has 0 aliphatic heterocycles. The van der Waals surface area contributed by atoms with Crippen LogP contribution in [0, 0.1) is 0 Å². The number of aromatic nitrogens is 4. The number of tetrazole rings is 1. The Morgan fingerprint density at radius 1 is 1.50 bits per heavy atom. The second kappa shape index (κ2) is 4.82. The van der Waals surface area contributed by atoms with Gasteiger partial charge in [0.2, 0.25) is 5.16 Å². The third-order valence-corrected chi connectivity index (χ3v) is 3.41. The summed E-state index contributed by atoms with van der Waals surface area (Å²) in [5.41, 5.74) is 6.64. The molecule has 0 saturated carbocycles. The van der Waals surface area contributed by atoms with E-state index in [4.69, 9.17) is 17.3 Å². The van der Waals surface area contributed by atoms with E-state index in [-0.39, 0.29) is 0 Å². The van der Waals surface area contributed by atoms with Crippen LogP contribution >= 0.6 is 23.4 Å². The van der Waals surface area contributed by atoms with Gasteiger partial charge in [-0.25, -0.2) is 4.68 Å². The van der Waals surface area contributed by atoms with Gasteiger partial charge in [-0.3, -0.25) is 0 Å². The molecule has 7 heteroatoms. The summed E-state index contributed by atoms with van der Waals surface area (Å²) in [5, 5.41) is 12.6. The normalized spacial score (nSPS) is 10.7. The number of nitrogens with two attached hydrogens (primary N) is 1. The summed E-state index contributed by atoms with van der Waals surface area (Å²) in [6.07, 6.45) is 0. The Hall–Kier alpha value is -1.11. The van der Waals surface area contributed by atoms with Crippen molar-refractivity contribution in [1.82, 2.24) is 20.2 Å². The van der Waals surface area contributed by atoms with Crippen molar-refractivity contribution >= 4 is 23.4 Å². The zero-order valence-corrected chi connectivity index (χ0v) is 10.2. The fraction of sp³-hybridized carbons (Fsp3) is 0.222. The molecule has 1 aromatic carbocycles. The van der Waals surface area contributed by atoms with Crippen LogP contribution in [-0.2, 0) is 13.6 Å². The molecular weight excluding hydrogens is 246 g/mol. The maximum Gasteiger partial charge on any atom is 0.213 e. The van der Waals surface area contributed by atoms with Crippen LogP contribution in [-0.4, -0.2) is 20.2 Å². The quantitative estimate of drug-likeness (QED) is 0.900. The lowest BCUT2D eigenvalue weighted by atomic mass is 10.2. The molecule has 2 N–H and O–H groups in total. The molecule has 0 unspecified atom stereocenters. The van der Waals surface area contributed by atoms with E-state index in [0.29, 0.717) is 11.6 Å². The lowest BCUT2D eigenvalue weighted by Gasteiger charge is -2.06. The van der Waals surface area contributed by atoms with Crippen molar-refractivity contribution in [3.8, 4) is 0 Å². The maximum absolute atomic E-state index is 5.90. The minimum Gasteiger partial charge on any atom is -0.326 e. The van der Waals surface area contributed by atoms with Crippen molar-refractivity contribution < 1.29 is 0 Å². The van der Waals surface area contributed by atoms with Gasteiger partial charge in [-0.05, 0) is 46.0 Å². The van der Waals surface area contributed by atoms with Crippen molar-refractivity contribution in [2.45, 2.75) is 16.6 Å². The van der Waals surface area contributed by atoms with Crippen LogP contribution in [0.4, 0.5) is 0 Å². The molecule has 5 nitrogen and oxygen atoms in total. The highest BCUT2D eigenvalue weighted by molar-refractivity contribution is 7.99. The minimum atomic E-state index is 0.439. The molecule has 0 atom stereocenters. The molecule has 16 heavy (non-hydrogen) atoms. The summed E-state index contributed by atoms with van der Waals surface area (Å²) in [4.78, 5) is 1.02. The van der Waals surface area contributed by atoms with Gasteiger partial charge in [0.25, 0.3) is 0 Å². The summed E-state index contributed by atoms with van der Waals surface area (Å²) < 4.78 is 1.61. The number of aryl methyl sites for hydroxylation is 1. The molecule has 0 radical (unpaired) electrons. The molecule has 0 bridgehead atoms. The standard InChI is InChI=1S/C9H10ClN5S/c1-15-9(12-13-14-15)16-8-3-2-7(10)4-6(8)5-11/h2-4H,5,11H2,1H3. The van der Waals surface area contributed by atoms with E-state index in [0.717, 1.165) is 15.6 Å². The van der Waals surface area contributed by atoms with Crippen molar-refractivity contribution in [2.75, 3.05) is 0 Å².